The lowest BCUT2D eigenvalue weighted by atomic mass is 10.0. The molecule has 6 rings (SSSR count). The van der Waals surface area contributed by atoms with Crippen LogP contribution in [0.2, 0.25) is 0 Å². The van der Waals surface area contributed by atoms with Gasteiger partial charge in [0.2, 0.25) is 5.91 Å². The second-order valence-electron chi connectivity index (χ2n) is 9.88. The Balaban J connectivity index is 1.54. The molecule has 0 aliphatic carbocycles. The van der Waals surface area contributed by atoms with Crippen LogP contribution in [-0.2, 0) is 11.3 Å². The fraction of sp³-hybridized carbons (Fsp3) is 0.276. The molecule has 0 saturated carbocycles. The van der Waals surface area contributed by atoms with Crippen molar-refractivity contribution in [2.24, 2.45) is 0 Å². The van der Waals surface area contributed by atoms with E-state index in [1.807, 2.05) is 41.9 Å². The number of nitrogens with one attached hydrogen (secondary N) is 2. The van der Waals surface area contributed by atoms with Gasteiger partial charge in [-0.05, 0) is 44.2 Å². The van der Waals surface area contributed by atoms with Crippen molar-refractivity contribution in [1.82, 2.24) is 34.8 Å². The fourth-order valence-corrected chi connectivity index (χ4v) is 5.40. The topological polar surface area (TPSA) is 116 Å². The van der Waals surface area contributed by atoms with Gasteiger partial charge in [0.1, 0.15) is 18.4 Å². The third kappa shape index (κ3) is 4.42. The highest BCUT2D eigenvalue weighted by Crippen LogP contribution is 2.37. The molecule has 4 heterocycles. The summed E-state index contributed by atoms with van der Waals surface area (Å²) in [5.74, 6) is 0.0305. The number of hydrogen-bond donors (Lipinski definition) is 2. The van der Waals surface area contributed by atoms with E-state index < -0.39 is 5.82 Å². The van der Waals surface area contributed by atoms with Gasteiger partial charge in [0.05, 0.1) is 28.7 Å². The molecule has 0 spiro atoms. The zero-order chi connectivity index (χ0) is 27.8. The Morgan fingerprint density at radius 1 is 1.20 bits per heavy atom. The van der Waals surface area contributed by atoms with E-state index in [0.717, 1.165) is 53.9 Å². The number of carbonyl (C=O) groups excluding carboxylic acids is 1. The highest BCUT2D eigenvalue weighted by molar-refractivity contribution is 5.90. The van der Waals surface area contributed by atoms with E-state index in [1.54, 1.807) is 30.2 Å². The molecule has 3 aromatic heterocycles. The van der Waals surface area contributed by atoms with Gasteiger partial charge in [-0.3, -0.25) is 13.9 Å². The number of carbonyl (C=O) groups is 1. The minimum Gasteiger partial charge on any atom is -0.358 e. The molecular weight excluding hydrogens is 509 g/mol. The lowest BCUT2D eigenvalue weighted by Crippen LogP contribution is -2.44. The van der Waals surface area contributed by atoms with Gasteiger partial charge in [0.25, 0.3) is 0 Å². The van der Waals surface area contributed by atoms with Gasteiger partial charge < -0.3 is 15.5 Å². The number of aromatic nitrogens is 5. The minimum absolute atomic E-state index is 0.0206. The molecule has 5 aromatic rings. The van der Waals surface area contributed by atoms with Crippen LogP contribution < -0.4 is 15.5 Å². The summed E-state index contributed by atoms with van der Waals surface area (Å²) in [7, 11) is 3.57. The maximum atomic E-state index is 14.8. The predicted octanol–water partition coefficient (Wildman–Crippen LogP) is 3.36. The number of amides is 1. The van der Waals surface area contributed by atoms with E-state index >= 15 is 0 Å². The third-order valence-corrected chi connectivity index (χ3v) is 7.50. The number of likely N-dealkylation sites (N-methyl/N-ethyl adjacent to an activating group) is 2. The molecule has 40 heavy (non-hydrogen) atoms. The third-order valence-electron chi connectivity index (χ3n) is 7.50. The molecule has 0 radical (unpaired) electrons. The molecule has 0 bridgehead atoms. The number of hydrogen-bond acceptors (Lipinski definition) is 7. The Morgan fingerprint density at radius 2 is 2.05 bits per heavy atom. The summed E-state index contributed by atoms with van der Waals surface area (Å²) in [6, 6.07) is 12.7. The van der Waals surface area contributed by atoms with Gasteiger partial charge in [-0.15, -0.1) is 0 Å². The fourth-order valence-electron chi connectivity index (χ4n) is 5.40. The Morgan fingerprint density at radius 3 is 2.83 bits per heavy atom. The van der Waals surface area contributed by atoms with Crippen molar-refractivity contribution in [2.45, 2.75) is 25.4 Å². The van der Waals surface area contributed by atoms with Crippen molar-refractivity contribution in [1.29, 1.82) is 5.26 Å². The summed E-state index contributed by atoms with van der Waals surface area (Å²) in [5.41, 5.74) is 4.23. The van der Waals surface area contributed by atoms with E-state index in [-0.39, 0.29) is 18.0 Å². The smallest absolute Gasteiger partial charge is 0.241 e. The van der Waals surface area contributed by atoms with Crippen LogP contribution in [0.4, 0.5) is 10.2 Å². The van der Waals surface area contributed by atoms with Crippen molar-refractivity contribution in [3.8, 4) is 28.6 Å². The normalized spacial score (nSPS) is 15.4. The Hall–Kier alpha value is -4.82. The Bertz CT molecular complexity index is 1780. The van der Waals surface area contributed by atoms with Crippen LogP contribution >= 0.6 is 0 Å². The summed E-state index contributed by atoms with van der Waals surface area (Å²) in [6.45, 7) is 1.79. The van der Waals surface area contributed by atoms with Crippen LogP contribution in [0.1, 0.15) is 18.4 Å². The first-order valence-corrected chi connectivity index (χ1v) is 13.2. The summed E-state index contributed by atoms with van der Waals surface area (Å²) in [6.07, 6.45) is 7.49. The predicted molar refractivity (Wildman–Crippen MR) is 150 cm³/mol. The molecule has 1 aliphatic heterocycles. The molecule has 1 aliphatic rings. The highest BCUT2D eigenvalue weighted by atomic mass is 19.1. The van der Waals surface area contributed by atoms with Crippen molar-refractivity contribution in [2.75, 3.05) is 32.1 Å². The van der Waals surface area contributed by atoms with E-state index in [1.165, 1.54) is 12.1 Å². The molecule has 1 fully saturated rings. The summed E-state index contributed by atoms with van der Waals surface area (Å²) >= 11 is 0. The number of imidazole rings is 1. The lowest BCUT2D eigenvalue weighted by Gasteiger charge is -2.33. The zero-order valence-electron chi connectivity index (χ0n) is 22.2. The van der Waals surface area contributed by atoms with Crippen molar-refractivity contribution in [3.63, 3.8) is 0 Å². The summed E-state index contributed by atoms with van der Waals surface area (Å²) in [5, 5.41) is 20.5. The number of piperidine rings is 1. The van der Waals surface area contributed by atoms with Gasteiger partial charge in [-0.2, -0.15) is 10.4 Å². The number of rotatable bonds is 6. The summed E-state index contributed by atoms with van der Waals surface area (Å²) < 4.78 is 18.4. The SMILES string of the molecule is CNC(=O)Cn1ncc2cc(-c3c(-c4ccc(C#N)c(F)c4)nc4c(N5CCC[C@@H](NC)C5)nccn34)ccc21. The number of fused-ring (bicyclic) bond motifs is 2. The quantitative estimate of drug-likeness (QED) is 0.341. The van der Waals surface area contributed by atoms with Crippen LogP contribution in [0.5, 0.6) is 0 Å². The average Bonchev–Trinajstić information content (AvgIpc) is 3.58. The number of nitrogens with zero attached hydrogens (tertiary/aromatic N) is 7. The number of halogens is 1. The van der Waals surface area contributed by atoms with E-state index in [0.29, 0.717) is 22.9 Å². The first-order chi connectivity index (χ1) is 19.5. The monoisotopic (exact) mass is 537 g/mol. The maximum Gasteiger partial charge on any atom is 0.241 e. The van der Waals surface area contributed by atoms with E-state index in [9.17, 15) is 14.4 Å². The van der Waals surface area contributed by atoms with Gasteiger partial charge in [0, 0.05) is 55.1 Å². The first-order valence-electron chi connectivity index (χ1n) is 13.2. The van der Waals surface area contributed by atoms with Crippen molar-refractivity contribution >= 4 is 28.3 Å². The average molecular weight is 538 g/mol. The minimum atomic E-state index is -0.597. The number of benzene rings is 2. The van der Waals surface area contributed by atoms with Crippen LogP contribution in [0, 0.1) is 17.1 Å². The second-order valence-corrected chi connectivity index (χ2v) is 9.88. The first kappa shape index (κ1) is 25.5. The highest BCUT2D eigenvalue weighted by Gasteiger charge is 2.25. The van der Waals surface area contributed by atoms with Gasteiger partial charge in [-0.1, -0.05) is 12.1 Å². The number of nitriles is 1. The van der Waals surface area contributed by atoms with E-state index in [2.05, 4.69) is 20.6 Å². The Kier molecular flexibility index (Phi) is 6.61. The largest absolute Gasteiger partial charge is 0.358 e. The van der Waals surface area contributed by atoms with Crippen LogP contribution in [0.3, 0.4) is 0 Å². The molecule has 0 unspecified atom stereocenters. The van der Waals surface area contributed by atoms with Crippen LogP contribution in [0.25, 0.3) is 39.1 Å². The van der Waals surface area contributed by atoms with Crippen LogP contribution in [0.15, 0.2) is 55.0 Å². The molecule has 11 heteroatoms. The molecule has 1 saturated heterocycles. The lowest BCUT2D eigenvalue weighted by molar-refractivity contribution is -0.121. The standard InChI is InChI=1S/C29H28FN9O/c1-32-22-4-3-10-37(16-22)28-29-36-26(18-5-6-20(14-31)23(30)13-18)27(38(29)11-9-34-28)19-7-8-24-21(12-19)15-35-39(24)17-25(40)33-2/h5-9,11-13,15,22,32H,3-4,10,16-17H2,1-2H3,(H,33,40)/t22-/m1/s1. The van der Waals surface area contributed by atoms with E-state index in [4.69, 9.17) is 9.97 Å². The van der Waals surface area contributed by atoms with Gasteiger partial charge in [-0.25, -0.2) is 14.4 Å². The van der Waals surface area contributed by atoms with Crippen molar-refractivity contribution in [3.05, 3.63) is 66.4 Å². The van der Waals surface area contributed by atoms with Gasteiger partial charge in [0.15, 0.2) is 11.5 Å². The molecule has 2 N–H and O–H groups in total. The molecule has 1 atom stereocenters. The van der Waals surface area contributed by atoms with Crippen LogP contribution in [-0.4, -0.2) is 63.3 Å². The summed E-state index contributed by atoms with van der Waals surface area (Å²) in [4.78, 5) is 23.9. The molecule has 2 aromatic carbocycles. The second kappa shape index (κ2) is 10.4. The Labute approximate surface area is 230 Å². The molecule has 10 nitrogen and oxygen atoms in total. The van der Waals surface area contributed by atoms with Gasteiger partial charge >= 0.3 is 0 Å². The molecule has 202 valence electrons. The molecular formula is C29H28FN9O. The zero-order valence-corrected chi connectivity index (χ0v) is 22.2. The van der Waals surface area contributed by atoms with Crippen molar-refractivity contribution < 1.29 is 9.18 Å². The number of anilines is 1. The maximum absolute atomic E-state index is 14.8. The molecule has 1 amide bonds.